The number of sulfonamides is 1. The van der Waals surface area contributed by atoms with Crippen LogP contribution in [-0.2, 0) is 10.0 Å². The molecule has 0 spiro atoms. The van der Waals surface area contributed by atoms with Crippen LogP contribution in [0.2, 0.25) is 0 Å². The Bertz CT molecular complexity index is 1150. The van der Waals surface area contributed by atoms with E-state index in [0.29, 0.717) is 28.8 Å². The second kappa shape index (κ2) is 8.74. The van der Waals surface area contributed by atoms with Gasteiger partial charge in [-0.1, -0.05) is 0 Å². The fourth-order valence-corrected chi connectivity index (χ4v) is 3.69. The minimum Gasteiger partial charge on any atom is -0.370 e. The van der Waals surface area contributed by atoms with Crippen molar-refractivity contribution in [2.24, 2.45) is 0 Å². The molecule has 3 N–H and O–H groups in total. The van der Waals surface area contributed by atoms with Crippen LogP contribution in [0.25, 0.3) is 0 Å². The van der Waals surface area contributed by atoms with Crippen LogP contribution in [0, 0.1) is 17.0 Å². The summed E-state index contributed by atoms with van der Waals surface area (Å²) in [6, 6.07) is 13.1. The van der Waals surface area contributed by atoms with Crippen molar-refractivity contribution in [1.82, 2.24) is 9.97 Å². The maximum Gasteiger partial charge on any atom is 0.269 e. The lowest BCUT2D eigenvalue weighted by Crippen LogP contribution is -2.12. The molecule has 0 atom stereocenters. The third-order valence-corrected chi connectivity index (χ3v) is 5.36. The molecule has 0 saturated carbocycles. The highest BCUT2D eigenvalue weighted by atomic mass is 32.2. The molecule has 2 aromatic carbocycles. The molecular formula is C19H20N6O4S. The Balaban J connectivity index is 1.72. The van der Waals surface area contributed by atoms with Gasteiger partial charge in [0.1, 0.15) is 17.5 Å². The normalized spacial score (nSPS) is 11.0. The van der Waals surface area contributed by atoms with Crippen LogP contribution in [0.15, 0.2) is 59.5 Å². The third-order valence-electron chi connectivity index (χ3n) is 3.96. The fraction of sp³-hybridized carbons (Fsp3) is 0.158. The topological polar surface area (TPSA) is 139 Å². The number of non-ortho nitro benzene ring substituents is 1. The second-order valence-corrected chi connectivity index (χ2v) is 7.96. The van der Waals surface area contributed by atoms with Crippen LogP contribution >= 0.6 is 0 Å². The molecule has 0 aliphatic heterocycles. The maximum atomic E-state index is 12.5. The van der Waals surface area contributed by atoms with E-state index in [1.165, 1.54) is 12.1 Å². The molecular weight excluding hydrogens is 408 g/mol. The van der Waals surface area contributed by atoms with Crippen molar-refractivity contribution in [2.75, 3.05) is 21.9 Å². The van der Waals surface area contributed by atoms with Crippen molar-refractivity contribution < 1.29 is 13.3 Å². The molecule has 11 heteroatoms. The number of aryl methyl sites for hydroxylation is 1. The van der Waals surface area contributed by atoms with Gasteiger partial charge in [-0.25, -0.2) is 18.4 Å². The van der Waals surface area contributed by atoms with E-state index in [9.17, 15) is 18.5 Å². The molecule has 0 amide bonds. The number of anilines is 4. The molecule has 0 aliphatic rings. The number of rotatable bonds is 8. The van der Waals surface area contributed by atoms with E-state index >= 15 is 0 Å². The maximum absolute atomic E-state index is 12.5. The summed E-state index contributed by atoms with van der Waals surface area (Å²) in [5.74, 6) is 1.93. The van der Waals surface area contributed by atoms with E-state index in [4.69, 9.17) is 0 Å². The molecule has 30 heavy (non-hydrogen) atoms. The average Bonchev–Trinajstić information content (AvgIpc) is 2.69. The third kappa shape index (κ3) is 5.20. The molecule has 0 radical (unpaired) electrons. The van der Waals surface area contributed by atoms with Gasteiger partial charge in [0.15, 0.2) is 0 Å². The van der Waals surface area contributed by atoms with Gasteiger partial charge in [0.2, 0.25) is 0 Å². The monoisotopic (exact) mass is 428 g/mol. The van der Waals surface area contributed by atoms with Crippen molar-refractivity contribution in [3.8, 4) is 0 Å². The van der Waals surface area contributed by atoms with Crippen LogP contribution in [0.4, 0.5) is 28.7 Å². The second-order valence-electron chi connectivity index (χ2n) is 6.27. The first kappa shape index (κ1) is 21.0. The number of benzene rings is 2. The number of nitrogens with zero attached hydrogens (tertiary/aromatic N) is 3. The summed E-state index contributed by atoms with van der Waals surface area (Å²) in [7, 11) is -3.87. The zero-order valence-electron chi connectivity index (χ0n) is 16.3. The van der Waals surface area contributed by atoms with E-state index < -0.39 is 14.9 Å². The zero-order chi connectivity index (χ0) is 21.7. The molecule has 3 aromatic rings. The highest BCUT2D eigenvalue weighted by molar-refractivity contribution is 7.92. The first-order chi connectivity index (χ1) is 14.3. The Labute approximate surface area is 173 Å². The summed E-state index contributed by atoms with van der Waals surface area (Å²) in [6.07, 6.45) is 0. The van der Waals surface area contributed by atoms with Gasteiger partial charge in [0, 0.05) is 36.1 Å². The van der Waals surface area contributed by atoms with Crippen molar-refractivity contribution in [3.63, 3.8) is 0 Å². The van der Waals surface area contributed by atoms with Crippen molar-refractivity contribution >= 4 is 38.7 Å². The molecule has 1 heterocycles. The van der Waals surface area contributed by atoms with Gasteiger partial charge in [-0.2, -0.15) is 0 Å². The zero-order valence-corrected chi connectivity index (χ0v) is 17.1. The molecule has 0 aliphatic carbocycles. The highest BCUT2D eigenvalue weighted by Crippen LogP contribution is 2.22. The Kier molecular flexibility index (Phi) is 6.11. The van der Waals surface area contributed by atoms with E-state index in [-0.39, 0.29) is 10.6 Å². The SMILES string of the molecule is CCNc1cc(Nc2ccc(NS(=O)(=O)c3ccc([N+](=O)[O-])cc3)cc2)nc(C)n1. The Hall–Kier alpha value is -3.73. The van der Waals surface area contributed by atoms with Gasteiger partial charge < -0.3 is 10.6 Å². The van der Waals surface area contributed by atoms with Crippen LogP contribution < -0.4 is 15.4 Å². The van der Waals surface area contributed by atoms with Crippen LogP contribution in [0.5, 0.6) is 0 Å². The summed E-state index contributed by atoms with van der Waals surface area (Å²) in [5, 5.41) is 17.0. The summed E-state index contributed by atoms with van der Waals surface area (Å²) < 4.78 is 27.4. The van der Waals surface area contributed by atoms with Crippen LogP contribution in [0.1, 0.15) is 12.7 Å². The quantitative estimate of drug-likeness (QED) is 0.365. The molecule has 10 nitrogen and oxygen atoms in total. The molecule has 3 rings (SSSR count). The minimum atomic E-state index is -3.87. The lowest BCUT2D eigenvalue weighted by molar-refractivity contribution is -0.384. The van der Waals surface area contributed by atoms with Gasteiger partial charge in [-0.15, -0.1) is 0 Å². The summed E-state index contributed by atoms with van der Waals surface area (Å²) >= 11 is 0. The van der Waals surface area contributed by atoms with Crippen LogP contribution in [-0.4, -0.2) is 29.9 Å². The predicted molar refractivity (Wildman–Crippen MR) is 115 cm³/mol. The number of nitro groups is 1. The lowest BCUT2D eigenvalue weighted by atomic mass is 10.3. The lowest BCUT2D eigenvalue weighted by Gasteiger charge is -2.11. The van der Waals surface area contributed by atoms with Crippen molar-refractivity contribution in [1.29, 1.82) is 0 Å². The number of hydrogen-bond donors (Lipinski definition) is 3. The number of hydrogen-bond acceptors (Lipinski definition) is 8. The van der Waals surface area contributed by atoms with Crippen molar-refractivity contribution in [3.05, 3.63) is 70.5 Å². The molecule has 0 bridgehead atoms. The van der Waals surface area contributed by atoms with E-state index in [1.54, 1.807) is 37.3 Å². The van der Waals surface area contributed by atoms with E-state index in [0.717, 1.165) is 18.7 Å². The number of aromatic nitrogens is 2. The Morgan fingerprint density at radius 3 is 2.17 bits per heavy atom. The van der Waals surface area contributed by atoms with Gasteiger partial charge >= 0.3 is 0 Å². The smallest absolute Gasteiger partial charge is 0.269 e. The number of nitrogens with one attached hydrogen (secondary N) is 3. The fourth-order valence-electron chi connectivity index (χ4n) is 2.63. The first-order valence-corrected chi connectivity index (χ1v) is 10.5. The molecule has 156 valence electrons. The van der Waals surface area contributed by atoms with Crippen molar-refractivity contribution in [2.45, 2.75) is 18.7 Å². The molecule has 0 unspecified atom stereocenters. The predicted octanol–water partition coefficient (Wildman–Crippen LogP) is 3.67. The first-order valence-electron chi connectivity index (χ1n) is 9.01. The summed E-state index contributed by atoms with van der Waals surface area (Å²) in [5.41, 5.74) is 0.890. The number of nitro benzene ring substituents is 1. The van der Waals surface area contributed by atoms with E-state index in [2.05, 4.69) is 25.3 Å². The van der Waals surface area contributed by atoms with Gasteiger partial charge in [0.25, 0.3) is 15.7 Å². The Morgan fingerprint density at radius 1 is 0.967 bits per heavy atom. The van der Waals surface area contributed by atoms with E-state index in [1.807, 2.05) is 6.92 Å². The van der Waals surface area contributed by atoms with Gasteiger partial charge in [-0.3, -0.25) is 14.8 Å². The Morgan fingerprint density at radius 2 is 1.57 bits per heavy atom. The molecule has 0 saturated heterocycles. The average molecular weight is 428 g/mol. The summed E-state index contributed by atoms with van der Waals surface area (Å²) in [4.78, 5) is 18.7. The minimum absolute atomic E-state index is 0.0669. The highest BCUT2D eigenvalue weighted by Gasteiger charge is 2.16. The largest absolute Gasteiger partial charge is 0.370 e. The summed E-state index contributed by atoms with van der Waals surface area (Å²) in [6.45, 7) is 4.50. The van der Waals surface area contributed by atoms with Gasteiger partial charge in [0.05, 0.1) is 9.82 Å². The molecule has 1 aromatic heterocycles. The molecule has 0 fully saturated rings. The van der Waals surface area contributed by atoms with Crippen LogP contribution in [0.3, 0.4) is 0 Å². The standard InChI is InChI=1S/C19H20N6O4S/c1-3-20-18-12-19(22-13(2)21-18)23-14-4-6-15(7-5-14)24-30(28,29)17-10-8-16(9-11-17)25(26)27/h4-12,24H,3H2,1-2H3,(H2,20,21,22,23). The van der Waals surface area contributed by atoms with Gasteiger partial charge in [-0.05, 0) is 50.2 Å².